The lowest BCUT2D eigenvalue weighted by molar-refractivity contribution is -0.147. The maximum Gasteiger partial charge on any atom is 0.306 e. The highest BCUT2D eigenvalue weighted by molar-refractivity contribution is 6.10. The maximum absolute atomic E-state index is 12.5. The van der Waals surface area contributed by atoms with Crippen molar-refractivity contribution in [3.05, 3.63) is 42.0 Å². The van der Waals surface area contributed by atoms with Gasteiger partial charge in [0.2, 0.25) is 5.91 Å². The van der Waals surface area contributed by atoms with Crippen LogP contribution in [0.15, 0.2) is 30.8 Å². The average Bonchev–Trinajstić information content (AvgIpc) is 2.80. The van der Waals surface area contributed by atoms with Crippen molar-refractivity contribution in [3.8, 4) is 0 Å². The van der Waals surface area contributed by atoms with Crippen LogP contribution in [0.3, 0.4) is 0 Å². The first-order valence-corrected chi connectivity index (χ1v) is 7.68. The van der Waals surface area contributed by atoms with Gasteiger partial charge < -0.3 is 14.7 Å². The van der Waals surface area contributed by atoms with Crippen LogP contribution >= 0.6 is 0 Å². The molecule has 1 N–H and O–H groups in total. The van der Waals surface area contributed by atoms with E-state index in [0.29, 0.717) is 24.4 Å². The standard InChI is InChI=1S/C17H18N2O5/c1-11-13-4-2-3-5-14(13)17(23)19(11)10-15(20)18-6-7-24-12(9-18)8-16(21)22/h2-5,12H,1,6-10H2,(H,21,22). The molecule has 7 heteroatoms. The van der Waals surface area contributed by atoms with Crippen molar-refractivity contribution in [2.45, 2.75) is 12.5 Å². The SMILES string of the molecule is C=C1c2ccccc2C(=O)N1CC(=O)N1CCOC(CC(=O)O)C1. The molecule has 126 valence electrons. The lowest BCUT2D eigenvalue weighted by atomic mass is 10.1. The average molecular weight is 330 g/mol. The molecule has 2 heterocycles. The number of amides is 2. The van der Waals surface area contributed by atoms with E-state index in [0.717, 1.165) is 5.56 Å². The molecule has 3 rings (SSSR count). The fraction of sp³-hybridized carbons (Fsp3) is 0.353. The summed E-state index contributed by atoms with van der Waals surface area (Å²) in [5.41, 5.74) is 1.79. The molecule has 0 saturated carbocycles. The third-order valence-corrected chi connectivity index (χ3v) is 4.23. The molecule has 1 aromatic carbocycles. The number of hydrogen-bond acceptors (Lipinski definition) is 4. The van der Waals surface area contributed by atoms with E-state index in [1.165, 1.54) is 4.90 Å². The minimum atomic E-state index is -0.965. The van der Waals surface area contributed by atoms with Crippen LogP contribution in [0.25, 0.3) is 5.70 Å². The second-order valence-electron chi connectivity index (χ2n) is 5.81. The first kappa shape index (κ1) is 16.2. The first-order chi connectivity index (χ1) is 11.5. The van der Waals surface area contributed by atoms with E-state index in [2.05, 4.69) is 6.58 Å². The molecule has 7 nitrogen and oxygen atoms in total. The molecule has 0 aliphatic carbocycles. The molecule has 2 aliphatic rings. The molecule has 1 saturated heterocycles. The predicted octanol–water partition coefficient (Wildman–Crippen LogP) is 0.815. The number of benzene rings is 1. The van der Waals surface area contributed by atoms with Gasteiger partial charge in [-0.3, -0.25) is 19.3 Å². The highest BCUT2D eigenvalue weighted by Crippen LogP contribution is 2.31. The van der Waals surface area contributed by atoms with Crippen molar-refractivity contribution >= 4 is 23.5 Å². The number of nitrogens with zero attached hydrogens (tertiary/aromatic N) is 2. The second kappa shape index (κ2) is 6.45. The molecule has 1 fully saturated rings. The molecule has 1 unspecified atom stereocenters. The number of carboxylic acid groups (broad SMARTS) is 1. The third kappa shape index (κ3) is 3.03. The van der Waals surface area contributed by atoms with Crippen molar-refractivity contribution in [3.63, 3.8) is 0 Å². The predicted molar refractivity (Wildman–Crippen MR) is 85.1 cm³/mol. The third-order valence-electron chi connectivity index (χ3n) is 4.23. The summed E-state index contributed by atoms with van der Waals surface area (Å²) in [5, 5.41) is 8.84. The van der Waals surface area contributed by atoms with Crippen LogP contribution in [0.4, 0.5) is 0 Å². The second-order valence-corrected chi connectivity index (χ2v) is 5.81. The lowest BCUT2D eigenvalue weighted by Gasteiger charge is -2.33. The monoisotopic (exact) mass is 330 g/mol. The van der Waals surface area contributed by atoms with E-state index < -0.39 is 12.1 Å². The molecule has 0 aromatic heterocycles. The largest absolute Gasteiger partial charge is 0.481 e. The van der Waals surface area contributed by atoms with E-state index in [9.17, 15) is 14.4 Å². The number of rotatable bonds is 4. The zero-order valence-corrected chi connectivity index (χ0v) is 13.1. The molecule has 0 radical (unpaired) electrons. The summed E-state index contributed by atoms with van der Waals surface area (Å²) >= 11 is 0. The van der Waals surface area contributed by atoms with Crippen molar-refractivity contribution in [2.24, 2.45) is 0 Å². The lowest BCUT2D eigenvalue weighted by Crippen LogP contribution is -2.49. The highest BCUT2D eigenvalue weighted by Gasteiger charge is 2.34. The van der Waals surface area contributed by atoms with Crippen LogP contribution < -0.4 is 0 Å². The summed E-state index contributed by atoms with van der Waals surface area (Å²) in [4.78, 5) is 38.6. The Morgan fingerprint density at radius 2 is 2.00 bits per heavy atom. The summed E-state index contributed by atoms with van der Waals surface area (Å²) in [7, 11) is 0. The highest BCUT2D eigenvalue weighted by atomic mass is 16.5. The maximum atomic E-state index is 12.5. The molecule has 0 bridgehead atoms. The zero-order valence-electron chi connectivity index (χ0n) is 13.1. The number of carbonyl (C=O) groups excluding carboxylic acids is 2. The van der Waals surface area contributed by atoms with Crippen molar-refractivity contribution in [1.82, 2.24) is 9.80 Å². The van der Waals surface area contributed by atoms with E-state index in [1.54, 1.807) is 23.1 Å². The number of carbonyl (C=O) groups is 3. The summed E-state index contributed by atoms with van der Waals surface area (Å²) in [5.74, 6) is -1.44. The summed E-state index contributed by atoms with van der Waals surface area (Å²) in [6, 6.07) is 7.11. The van der Waals surface area contributed by atoms with Crippen molar-refractivity contribution in [2.75, 3.05) is 26.2 Å². The van der Waals surface area contributed by atoms with Gasteiger partial charge in [-0.05, 0) is 6.07 Å². The van der Waals surface area contributed by atoms with Gasteiger partial charge in [0.15, 0.2) is 0 Å². The van der Waals surface area contributed by atoms with E-state index in [4.69, 9.17) is 9.84 Å². The molecule has 2 aliphatic heterocycles. The summed E-state index contributed by atoms with van der Waals surface area (Å²) in [6.45, 7) is 4.70. The minimum Gasteiger partial charge on any atom is -0.481 e. The topological polar surface area (TPSA) is 87.2 Å². The fourth-order valence-corrected chi connectivity index (χ4v) is 3.00. The Kier molecular flexibility index (Phi) is 4.35. The van der Waals surface area contributed by atoms with Crippen LogP contribution in [-0.2, 0) is 14.3 Å². The summed E-state index contributed by atoms with van der Waals surface area (Å²) in [6.07, 6.45) is -0.667. The zero-order chi connectivity index (χ0) is 17.3. The quantitative estimate of drug-likeness (QED) is 0.883. The molecular weight excluding hydrogens is 312 g/mol. The van der Waals surface area contributed by atoms with Crippen LogP contribution in [0.2, 0.25) is 0 Å². The van der Waals surface area contributed by atoms with Gasteiger partial charge in [-0.1, -0.05) is 24.8 Å². The van der Waals surface area contributed by atoms with Gasteiger partial charge >= 0.3 is 5.97 Å². The van der Waals surface area contributed by atoms with Crippen LogP contribution in [0.1, 0.15) is 22.3 Å². The van der Waals surface area contributed by atoms with Crippen LogP contribution in [0, 0.1) is 0 Å². The van der Waals surface area contributed by atoms with Crippen molar-refractivity contribution < 1.29 is 24.2 Å². The number of morpholine rings is 1. The molecule has 2 amide bonds. The smallest absolute Gasteiger partial charge is 0.306 e. The Bertz CT molecular complexity index is 680. The summed E-state index contributed by atoms with van der Waals surface area (Å²) < 4.78 is 5.36. The molecular formula is C17H18N2O5. The van der Waals surface area contributed by atoms with E-state index >= 15 is 0 Å². The van der Waals surface area contributed by atoms with Crippen LogP contribution in [0.5, 0.6) is 0 Å². The molecule has 24 heavy (non-hydrogen) atoms. The Hall–Kier alpha value is -2.67. The van der Waals surface area contributed by atoms with E-state index in [-0.39, 0.29) is 31.3 Å². The first-order valence-electron chi connectivity index (χ1n) is 7.68. The Labute approximate surface area is 139 Å². The number of fused-ring (bicyclic) bond motifs is 1. The molecule has 0 spiro atoms. The van der Waals surface area contributed by atoms with Gasteiger partial charge in [-0.15, -0.1) is 0 Å². The Morgan fingerprint density at radius 3 is 2.67 bits per heavy atom. The number of aliphatic carboxylic acids is 1. The Morgan fingerprint density at radius 1 is 1.29 bits per heavy atom. The number of carboxylic acids is 1. The van der Waals surface area contributed by atoms with Gasteiger partial charge in [-0.2, -0.15) is 0 Å². The number of hydrogen-bond donors (Lipinski definition) is 1. The van der Waals surface area contributed by atoms with Gasteiger partial charge in [-0.25, -0.2) is 0 Å². The van der Waals surface area contributed by atoms with Crippen molar-refractivity contribution in [1.29, 1.82) is 0 Å². The van der Waals surface area contributed by atoms with E-state index in [1.807, 2.05) is 6.07 Å². The van der Waals surface area contributed by atoms with Crippen LogP contribution in [-0.4, -0.2) is 65.0 Å². The minimum absolute atomic E-state index is 0.105. The number of ether oxygens (including phenoxy) is 1. The molecule has 1 aromatic rings. The molecule has 1 atom stereocenters. The Balaban J connectivity index is 1.66. The van der Waals surface area contributed by atoms with Gasteiger partial charge in [0.05, 0.1) is 19.1 Å². The normalized spacial score (nSPS) is 20.2. The van der Waals surface area contributed by atoms with Gasteiger partial charge in [0.1, 0.15) is 6.54 Å². The van der Waals surface area contributed by atoms with Gasteiger partial charge in [0.25, 0.3) is 5.91 Å². The van der Waals surface area contributed by atoms with Gasteiger partial charge in [0, 0.05) is 29.9 Å². The fourth-order valence-electron chi connectivity index (χ4n) is 3.00.